The summed E-state index contributed by atoms with van der Waals surface area (Å²) in [5.41, 5.74) is 8.91. The Labute approximate surface area is 133 Å². The molecule has 2 aliphatic heterocycles. The van der Waals surface area contributed by atoms with Crippen LogP contribution in [0.5, 0.6) is 0 Å². The van der Waals surface area contributed by atoms with Crippen molar-refractivity contribution in [3.05, 3.63) is 29.8 Å². The molecule has 0 bridgehead atoms. The lowest BCUT2D eigenvalue weighted by Crippen LogP contribution is -2.37. The van der Waals surface area contributed by atoms with Crippen molar-refractivity contribution in [3.8, 4) is 0 Å². The fraction of sp³-hybridized carbons (Fsp3) is 0.625. The van der Waals surface area contributed by atoms with E-state index in [9.17, 15) is 0 Å². The van der Waals surface area contributed by atoms with Crippen LogP contribution >= 0.6 is 12.4 Å². The first kappa shape index (κ1) is 16.6. The van der Waals surface area contributed by atoms with Gasteiger partial charge < -0.3 is 15.4 Å². The largest absolute Gasteiger partial charge is 0.378 e. The Morgan fingerprint density at radius 1 is 1.19 bits per heavy atom. The highest BCUT2D eigenvalue weighted by Gasteiger charge is 2.27. The van der Waals surface area contributed by atoms with Crippen LogP contribution in [-0.2, 0) is 11.3 Å². The molecule has 1 aromatic carbocycles. The van der Waals surface area contributed by atoms with E-state index < -0.39 is 0 Å². The lowest BCUT2D eigenvalue weighted by atomic mass is 10.1. The van der Waals surface area contributed by atoms with Crippen LogP contribution in [0.1, 0.15) is 12.5 Å². The number of rotatable bonds is 3. The van der Waals surface area contributed by atoms with Crippen molar-refractivity contribution in [3.63, 3.8) is 0 Å². The molecule has 21 heavy (non-hydrogen) atoms. The highest BCUT2D eigenvalue weighted by molar-refractivity contribution is 5.85. The number of nitrogens with zero attached hydrogens (tertiary/aromatic N) is 2. The van der Waals surface area contributed by atoms with E-state index in [1.165, 1.54) is 11.3 Å². The van der Waals surface area contributed by atoms with E-state index in [0.29, 0.717) is 12.0 Å². The highest BCUT2D eigenvalue weighted by atomic mass is 35.5. The van der Waals surface area contributed by atoms with Crippen LogP contribution in [0.4, 0.5) is 5.69 Å². The molecule has 2 atom stereocenters. The average Bonchev–Trinajstić information content (AvgIpc) is 2.79. The van der Waals surface area contributed by atoms with Gasteiger partial charge in [-0.25, -0.2) is 0 Å². The number of ether oxygens (including phenoxy) is 1. The fourth-order valence-corrected chi connectivity index (χ4v) is 3.22. The molecule has 2 aliphatic rings. The Hall–Kier alpha value is -0.810. The zero-order valence-electron chi connectivity index (χ0n) is 12.7. The number of benzene rings is 1. The Balaban J connectivity index is 0.00000161. The highest BCUT2D eigenvalue weighted by Crippen LogP contribution is 2.25. The standard InChI is InChI=1S/C16H25N3O.ClH/c1-13-10-18(12-15(13)17)11-14-4-2-3-5-16(14)19-6-8-20-9-7-19;/h2-5,13,15H,6-12,17H2,1H3;1H. The van der Waals surface area contributed by atoms with E-state index in [-0.39, 0.29) is 12.4 Å². The van der Waals surface area contributed by atoms with Gasteiger partial charge >= 0.3 is 0 Å². The van der Waals surface area contributed by atoms with E-state index in [0.717, 1.165) is 45.9 Å². The molecular formula is C16H26ClN3O. The summed E-state index contributed by atoms with van der Waals surface area (Å²) in [4.78, 5) is 4.92. The number of nitrogens with two attached hydrogens (primary N) is 1. The number of para-hydroxylation sites is 1. The summed E-state index contributed by atoms with van der Waals surface area (Å²) in [5.74, 6) is 0.602. The van der Waals surface area contributed by atoms with Crippen molar-refractivity contribution in [1.29, 1.82) is 0 Å². The average molecular weight is 312 g/mol. The minimum Gasteiger partial charge on any atom is -0.378 e. The maximum atomic E-state index is 6.13. The first-order chi connectivity index (χ1) is 9.74. The molecule has 5 heteroatoms. The second kappa shape index (κ2) is 7.45. The van der Waals surface area contributed by atoms with E-state index in [1.54, 1.807) is 0 Å². The van der Waals surface area contributed by atoms with E-state index in [4.69, 9.17) is 10.5 Å². The molecule has 4 nitrogen and oxygen atoms in total. The molecule has 2 unspecified atom stereocenters. The molecular weight excluding hydrogens is 286 g/mol. The Morgan fingerprint density at radius 2 is 1.90 bits per heavy atom. The van der Waals surface area contributed by atoms with Gasteiger partial charge in [-0.15, -0.1) is 12.4 Å². The van der Waals surface area contributed by atoms with Crippen LogP contribution in [0, 0.1) is 5.92 Å². The molecule has 1 aromatic rings. The summed E-state index contributed by atoms with van der Waals surface area (Å²) < 4.78 is 5.45. The third-order valence-electron chi connectivity index (χ3n) is 4.48. The van der Waals surface area contributed by atoms with Crippen molar-refractivity contribution in [2.75, 3.05) is 44.3 Å². The number of morpholine rings is 1. The maximum absolute atomic E-state index is 6.13. The van der Waals surface area contributed by atoms with E-state index >= 15 is 0 Å². The number of anilines is 1. The van der Waals surface area contributed by atoms with Gasteiger partial charge in [0, 0.05) is 44.5 Å². The molecule has 2 N–H and O–H groups in total. The van der Waals surface area contributed by atoms with Gasteiger partial charge in [-0.1, -0.05) is 25.1 Å². The van der Waals surface area contributed by atoms with Crippen molar-refractivity contribution in [2.45, 2.75) is 19.5 Å². The second-order valence-electron chi connectivity index (χ2n) is 6.06. The molecule has 0 aliphatic carbocycles. The van der Waals surface area contributed by atoms with Crippen LogP contribution in [0.3, 0.4) is 0 Å². The molecule has 0 saturated carbocycles. The summed E-state index contributed by atoms with van der Waals surface area (Å²) in [7, 11) is 0. The summed E-state index contributed by atoms with van der Waals surface area (Å²) in [6.07, 6.45) is 0. The van der Waals surface area contributed by atoms with Crippen molar-refractivity contribution < 1.29 is 4.74 Å². The van der Waals surface area contributed by atoms with Gasteiger partial charge in [0.05, 0.1) is 13.2 Å². The van der Waals surface area contributed by atoms with Gasteiger partial charge in [-0.3, -0.25) is 4.90 Å². The monoisotopic (exact) mass is 311 g/mol. The number of hydrogen-bond donors (Lipinski definition) is 1. The van der Waals surface area contributed by atoms with Crippen LogP contribution < -0.4 is 10.6 Å². The molecule has 0 spiro atoms. The van der Waals surface area contributed by atoms with Crippen LogP contribution in [0.2, 0.25) is 0 Å². The zero-order chi connectivity index (χ0) is 13.9. The molecule has 3 rings (SSSR count). The molecule has 2 heterocycles. The second-order valence-corrected chi connectivity index (χ2v) is 6.06. The van der Waals surface area contributed by atoms with Gasteiger partial charge in [0.15, 0.2) is 0 Å². The van der Waals surface area contributed by atoms with E-state index in [1.807, 2.05) is 0 Å². The summed E-state index contributed by atoms with van der Waals surface area (Å²) in [5, 5.41) is 0. The topological polar surface area (TPSA) is 41.7 Å². The van der Waals surface area contributed by atoms with Crippen LogP contribution in [0.15, 0.2) is 24.3 Å². The molecule has 0 radical (unpaired) electrons. The summed E-state index contributed by atoms with van der Waals surface area (Å²) in [6, 6.07) is 9.08. The smallest absolute Gasteiger partial charge is 0.0642 e. The minimum atomic E-state index is 0. The quantitative estimate of drug-likeness (QED) is 0.923. The van der Waals surface area contributed by atoms with E-state index in [2.05, 4.69) is 41.0 Å². The lowest BCUT2D eigenvalue weighted by Gasteiger charge is -2.31. The van der Waals surface area contributed by atoms with Gasteiger partial charge in [0.2, 0.25) is 0 Å². The third-order valence-corrected chi connectivity index (χ3v) is 4.48. The van der Waals surface area contributed by atoms with Gasteiger partial charge in [0.1, 0.15) is 0 Å². The SMILES string of the molecule is CC1CN(Cc2ccccc2N2CCOCC2)CC1N.Cl. The molecule has 2 fully saturated rings. The maximum Gasteiger partial charge on any atom is 0.0642 e. The molecule has 2 saturated heterocycles. The van der Waals surface area contributed by atoms with Crippen LogP contribution in [0.25, 0.3) is 0 Å². The predicted octanol–water partition coefficient (Wildman–Crippen LogP) is 1.72. The zero-order valence-corrected chi connectivity index (χ0v) is 13.5. The predicted molar refractivity (Wildman–Crippen MR) is 89.1 cm³/mol. The number of hydrogen-bond acceptors (Lipinski definition) is 4. The van der Waals surface area contributed by atoms with Crippen molar-refractivity contribution >= 4 is 18.1 Å². The summed E-state index contributed by atoms with van der Waals surface area (Å²) in [6.45, 7) is 9.03. The first-order valence-corrected chi connectivity index (χ1v) is 7.62. The Morgan fingerprint density at radius 3 is 2.57 bits per heavy atom. The summed E-state index contributed by atoms with van der Waals surface area (Å²) >= 11 is 0. The lowest BCUT2D eigenvalue weighted by molar-refractivity contribution is 0.122. The Bertz CT molecular complexity index is 441. The molecule has 0 aromatic heterocycles. The van der Waals surface area contributed by atoms with Gasteiger partial charge in [-0.2, -0.15) is 0 Å². The van der Waals surface area contributed by atoms with Gasteiger partial charge in [0.25, 0.3) is 0 Å². The first-order valence-electron chi connectivity index (χ1n) is 7.62. The minimum absolute atomic E-state index is 0. The number of likely N-dealkylation sites (tertiary alicyclic amines) is 1. The molecule has 0 amide bonds. The van der Waals surface area contributed by atoms with Crippen molar-refractivity contribution in [1.82, 2.24) is 4.90 Å². The Kier molecular flexibility index (Phi) is 5.88. The third kappa shape index (κ3) is 3.89. The molecule has 118 valence electrons. The fourth-order valence-electron chi connectivity index (χ4n) is 3.22. The normalized spacial score (nSPS) is 26.7. The van der Waals surface area contributed by atoms with Crippen molar-refractivity contribution in [2.24, 2.45) is 11.7 Å². The number of halogens is 1. The van der Waals surface area contributed by atoms with Gasteiger partial charge in [-0.05, 0) is 17.5 Å². The van der Waals surface area contributed by atoms with Crippen LogP contribution in [-0.4, -0.2) is 50.3 Å².